The van der Waals surface area contributed by atoms with Gasteiger partial charge in [-0.15, -0.1) is 0 Å². The van der Waals surface area contributed by atoms with E-state index in [2.05, 4.69) is 15.3 Å². The lowest BCUT2D eigenvalue weighted by Crippen LogP contribution is -2.40. The van der Waals surface area contributed by atoms with Crippen LogP contribution in [-0.4, -0.2) is 61.6 Å². The van der Waals surface area contributed by atoms with Gasteiger partial charge in [0.2, 0.25) is 12.4 Å². The average molecular weight is 466 g/mol. The molecule has 3 rings (SSSR count). The molecule has 0 aliphatic carbocycles. The van der Waals surface area contributed by atoms with Crippen molar-refractivity contribution >= 4 is 35.5 Å². The van der Waals surface area contributed by atoms with Gasteiger partial charge in [-0.1, -0.05) is 0 Å². The van der Waals surface area contributed by atoms with Gasteiger partial charge in [0.15, 0.2) is 5.82 Å². The molecule has 178 valence electrons. The van der Waals surface area contributed by atoms with Crippen molar-refractivity contribution < 1.29 is 27.5 Å². The number of nitrogens with two attached hydrogens (primary N) is 1. The van der Waals surface area contributed by atoms with Crippen LogP contribution in [0.1, 0.15) is 28.8 Å². The summed E-state index contributed by atoms with van der Waals surface area (Å²) in [4.78, 5) is 34.6. The van der Waals surface area contributed by atoms with E-state index in [1.807, 2.05) is 0 Å². The molecule has 0 bridgehead atoms. The largest absolute Gasteiger partial charge is 0.381 e. The van der Waals surface area contributed by atoms with Crippen LogP contribution in [0.2, 0.25) is 0 Å². The number of nitrogens with one attached hydrogen (secondary N) is 1. The Balaban J connectivity index is 2.00. The van der Waals surface area contributed by atoms with Gasteiger partial charge in [0.1, 0.15) is 5.82 Å². The third-order valence-electron chi connectivity index (χ3n) is 5.34. The Labute approximate surface area is 188 Å². The van der Waals surface area contributed by atoms with Crippen molar-refractivity contribution in [3.63, 3.8) is 0 Å². The molecule has 3 N–H and O–H groups in total. The molecule has 1 saturated heterocycles. The molecule has 2 aromatic rings. The number of benzene rings is 1. The van der Waals surface area contributed by atoms with E-state index in [-0.39, 0.29) is 34.7 Å². The van der Waals surface area contributed by atoms with Crippen molar-refractivity contribution in [2.45, 2.75) is 32.2 Å². The standard InChI is InChI=1S/C21H25F3N6O3/c1-12-7-14(19(25)32)15(22)8-16(12)27-21-26-9-17(29(2)10-18(23)24)20(28-21)30(11-31)13-3-5-33-6-4-13/h7-9,11,13,18H,3-6,10H2,1-2H3,(H2,25,32)(H,26,27,28). The van der Waals surface area contributed by atoms with Crippen molar-refractivity contribution in [3.05, 3.63) is 35.3 Å². The Morgan fingerprint density at radius 3 is 2.67 bits per heavy atom. The van der Waals surface area contributed by atoms with Gasteiger partial charge in [-0.05, 0) is 37.5 Å². The highest BCUT2D eigenvalue weighted by Gasteiger charge is 2.27. The van der Waals surface area contributed by atoms with Crippen molar-refractivity contribution in [3.8, 4) is 0 Å². The van der Waals surface area contributed by atoms with E-state index < -0.39 is 24.7 Å². The van der Waals surface area contributed by atoms with Gasteiger partial charge in [0.05, 0.1) is 24.0 Å². The molecule has 0 unspecified atom stereocenters. The average Bonchev–Trinajstić information content (AvgIpc) is 2.77. The maximum absolute atomic E-state index is 14.3. The number of rotatable bonds is 9. The fourth-order valence-electron chi connectivity index (χ4n) is 3.59. The third-order valence-corrected chi connectivity index (χ3v) is 5.34. The van der Waals surface area contributed by atoms with Gasteiger partial charge in [0.25, 0.3) is 12.3 Å². The predicted octanol–water partition coefficient (Wildman–Crippen LogP) is 2.61. The van der Waals surface area contributed by atoms with Crippen LogP contribution in [-0.2, 0) is 9.53 Å². The molecule has 0 spiro atoms. The first-order chi connectivity index (χ1) is 15.7. The van der Waals surface area contributed by atoms with Gasteiger partial charge in [-0.3, -0.25) is 14.5 Å². The zero-order chi connectivity index (χ0) is 24.1. The normalized spacial score (nSPS) is 14.2. The van der Waals surface area contributed by atoms with Crippen LogP contribution in [0, 0.1) is 12.7 Å². The Hall–Kier alpha value is -3.41. The van der Waals surface area contributed by atoms with Crippen molar-refractivity contribution in [1.82, 2.24) is 9.97 Å². The van der Waals surface area contributed by atoms with Gasteiger partial charge in [-0.25, -0.2) is 18.2 Å². The number of anilines is 4. The number of aromatic nitrogens is 2. The summed E-state index contributed by atoms with van der Waals surface area (Å²) in [5.41, 5.74) is 5.95. The summed E-state index contributed by atoms with van der Waals surface area (Å²) < 4.78 is 45.6. The van der Waals surface area contributed by atoms with E-state index in [1.165, 1.54) is 29.1 Å². The second-order valence-corrected chi connectivity index (χ2v) is 7.67. The fraction of sp³-hybridized carbons (Fsp3) is 0.429. The highest BCUT2D eigenvalue weighted by atomic mass is 19.3. The van der Waals surface area contributed by atoms with Crippen molar-refractivity contribution in [2.24, 2.45) is 5.73 Å². The Morgan fingerprint density at radius 2 is 2.06 bits per heavy atom. The second kappa shape index (κ2) is 10.5. The summed E-state index contributed by atoms with van der Waals surface area (Å²) in [7, 11) is 1.45. The van der Waals surface area contributed by atoms with Crippen LogP contribution in [0.3, 0.4) is 0 Å². The molecule has 2 heterocycles. The van der Waals surface area contributed by atoms with Gasteiger partial charge in [-0.2, -0.15) is 4.98 Å². The predicted molar refractivity (Wildman–Crippen MR) is 117 cm³/mol. The third kappa shape index (κ3) is 5.69. The maximum atomic E-state index is 14.3. The second-order valence-electron chi connectivity index (χ2n) is 7.67. The first-order valence-electron chi connectivity index (χ1n) is 10.3. The van der Waals surface area contributed by atoms with E-state index in [0.29, 0.717) is 38.0 Å². The Bertz CT molecular complexity index is 1020. The van der Waals surface area contributed by atoms with E-state index in [4.69, 9.17) is 10.5 Å². The highest BCUT2D eigenvalue weighted by Crippen LogP contribution is 2.32. The summed E-state index contributed by atoms with van der Waals surface area (Å²) in [6, 6.07) is 2.16. The summed E-state index contributed by atoms with van der Waals surface area (Å²) >= 11 is 0. The Morgan fingerprint density at radius 1 is 1.36 bits per heavy atom. The van der Waals surface area contributed by atoms with E-state index in [1.54, 1.807) is 6.92 Å². The molecule has 1 fully saturated rings. The highest BCUT2D eigenvalue weighted by molar-refractivity contribution is 5.94. The maximum Gasteiger partial charge on any atom is 0.255 e. The molecule has 33 heavy (non-hydrogen) atoms. The molecule has 1 aliphatic heterocycles. The van der Waals surface area contributed by atoms with E-state index in [9.17, 15) is 22.8 Å². The summed E-state index contributed by atoms with van der Waals surface area (Å²) in [6.07, 6.45) is 0.439. The van der Waals surface area contributed by atoms with Gasteiger partial charge >= 0.3 is 0 Å². The summed E-state index contributed by atoms with van der Waals surface area (Å²) in [5, 5.41) is 2.86. The van der Waals surface area contributed by atoms with Crippen molar-refractivity contribution in [1.29, 1.82) is 0 Å². The number of aryl methyl sites for hydroxylation is 1. The smallest absolute Gasteiger partial charge is 0.255 e. The van der Waals surface area contributed by atoms with Crippen LogP contribution in [0.4, 0.5) is 36.3 Å². The number of ether oxygens (including phenoxy) is 1. The SMILES string of the molecule is Cc1cc(C(N)=O)c(F)cc1Nc1ncc(N(C)CC(F)F)c(N(C=O)C2CCOCC2)n1. The lowest BCUT2D eigenvalue weighted by molar-refractivity contribution is -0.108. The molecule has 1 aromatic carbocycles. The van der Waals surface area contributed by atoms with Crippen LogP contribution >= 0.6 is 0 Å². The van der Waals surface area contributed by atoms with E-state index >= 15 is 0 Å². The number of halogens is 3. The monoisotopic (exact) mass is 466 g/mol. The number of carbonyl (C=O) groups is 2. The minimum atomic E-state index is -2.61. The van der Waals surface area contributed by atoms with Crippen LogP contribution in [0.5, 0.6) is 0 Å². The number of hydrogen-bond donors (Lipinski definition) is 2. The van der Waals surface area contributed by atoms with Crippen LogP contribution < -0.4 is 20.9 Å². The van der Waals surface area contributed by atoms with Crippen molar-refractivity contribution in [2.75, 3.05) is 41.9 Å². The lowest BCUT2D eigenvalue weighted by Gasteiger charge is -2.33. The molecular weight excluding hydrogens is 441 g/mol. The fourth-order valence-corrected chi connectivity index (χ4v) is 3.59. The topological polar surface area (TPSA) is 114 Å². The van der Waals surface area contributed by atoms with E-state index in [0.717, 1.165) is 6.07 Å². The molecule has 0 saturated carbocycles. The molecule has 0 radical (unpaired) electrons. The molecule has 1 aliphatic rings. The summed E-state index contributed by atoms with van der Waals surface area (Å²) in [6.45, 7) is 1.97. The quantitative estimate of drug-likeness (QED) is 0.546. The van der Waals surface area contributed by atoms with Gasteiger partial charge < -0.3 is 20.7 Å². The van der Waals surface area contributed by atoms with Crippen LogP contribution in [0.25, 0.3) is 0 Å². The van der Waals surface area contributed by atoms with Gasteiger partial charge in [0, 0.05) is 32.0 Å². The lowest BCUT2D eigenvalue weighted by atomic mass is 10.1. The molecule has 12 heteroatoms. The number of alkyl halides is 2. The zero-order valence-electron chi connectivity index (χ0n) is 18.2. The number of primary amides is 1. The minimum absolute atomic E-state index is 0.0208. The number of amides is 2. The van der Waals surface area contributed by atoms with Crippen LogP contribution in [0.15, 0.2) is 18.3 Å². The Kier molecular flexibility index (Phi) is 7.69. The number of hydrogen-bond acceptors (Lipinski definition) is 7. The number of nitrogens with zero attached hydrogens (tertiary/aromatic N) is 4. The molecular formula is C21H25F3N6O3. The first kappa shape index (κ1) is 24.2. The zero-order valence-corrected chi connectivity index (χ0v) is 18.2. The molecule has 2 amide bonds. The summed E-state index contributed by atoms with van der Waals surface area (Å²) in [5.74, 6) is -1.55. The number of carbonyl (C=O) groups excluding carboxylic acids is 2. The molecule has 0 atom stereocenters. The minimum Gasteiger partial charge on any atom is -0.381 e. The molecule has 1 aromatic heterocycles. The first-order valence-corrected chi connectivity index (χ1v) is 10.3. The molecule has 9 nitrogen and oxygen atoms in total.